The lowest BCUT2D eigenvalue weighted by Gasteiger charge is -2.05. The summed E-state index contributed by atoms with van der Waals surface area (Å²) in [5.41, 5.74) is -0.00150. The Morgan fingerprint density at radius 2 is 2.11 bits per heavy atom. The van der Waals surface area contributed by atoms with Gasteiger partial charge in [-0.05, 0) is 25.3 Å². The van der Waals surface area contributed by atoms with Gasteiger partial charge in [0.2, 0.25) is 0 Å². The summed E-state index contributed by atoms with van der Waals surface area (Å²) in [6.07, 6.45) is 2.28. The molecular weight excluding hydrogens is 238 g/mol. The van der Waals surface area contributed by atoms with Crippen LogP contribution in [0.15, 0.2) is 24.3 Å². The molecule has 0 amide bonds. The van der Waals surface area contributed by atoms with Crippen LogP contribution in [0.1, 0.15) is 25.7 Å². The van der Waals surface area contributed by atoms with Gasteiger partial charge in [-0.15, -0.1) is 0 Å². The van der Waals surface area contributed by atoms with E-state index < -0.39 is 10.9 Å². The third-order valence-electron chi connectivity index (χ3n) is 2.33. The van der Waals surface area contributed by atoms with Crippen molar-refractivity contribution in [2.24, 2.45) is 0 Å². The standard InChI is InChI=1S/C12H15NO5/c14-12(15)7-2-1-3-8-18-11-6-4-5-10(9-11)13(16)17/h4-6,9H,1-3,7-8H2,(H,14,15). The van der Waals surface area contributed by atoms with Crippen molar-refractivity contribution in [1.29, 1.82) is 0 Å². The van der Waals surface area contributed by atoms with Crippen LogP contribution in [0.3, 0.4) is 0 Å². The lowest BCUT2D eigenvalue weighted by molar-refractivity contribution is -0.384. The summed E-state index contributed by atoms with van der Waals surface area (Å²) in [5, 5.41) is 19.0. The lowest BCUT2D eigenvalue weighted by Crippen LogP contribution is -1.99. The van der Waals surface area contributed by atoms with E-state index in [9.17, 15) is 14.9 Å². The van der Waals surface area contributed by atoms with Crippen molar-refractivity contribution in [3.05, 3.63) is 34.4 Å². The number of nitro groups is 1. The highest BCUT2D eigenvalue weighted by atomic mass is 16.6. The molecule has 0 radical (unpaired) electrons. The van der Waals surface area contributed by atoms with Crippen molar-refractivity contribution in [2.75, 3.05) is 6.61 Å². The third-order valence-corrected chi connectivity index (χ3v) is 2.33. The number of ether oxygens (including phenoxy) is 1. The minimum atomic E-state index is -0.797. The first-order valence-electron chi connectivity index (χ1n) is 5.68. The number of nitrogens with zero attached hydrogens (tertiary/aromatic N) is 1. The van der Waals surface area contributed by atoms with Gasteiger partial charge in [0.1, 0.15) is 5.75 Å². The van der Waals surface area contributed by atoms with Gasteiger partial charge in [-0.25, -0.2) is 0 Å². The summed E-state index contributed by atoms with van der Waals surface area (Å²) in [7, 11) is 0. The van der Waals surface area contributed by atoms with Gasteiger partial charge < -0.3 is 9.84 Å². The highest BCUT2D eigenvalue weighted by Crippen LogP contribution is 2.19. The van der Waals surface area contributed by atoms with Gasteiger partial charge in [0.05, 0.1) is 17.6 Å². The summed E-state index contributed by atoms with van der Waals surface area (Å²) in [6.45, 7) is 0.431. The predicted octanol–water partition coefficient (Wildman–Crippen LogP) is 2.62. The summed E-state index contributed by atoms with van der Waals surface area (Å²) >= 11 is 0. The molecule has 0 aliphatic heterocycles. The molecule has 0 heterocycles. The monoisotopic (exact) mass is 253 g/mol. The molecule has 0 aliphatic carbocycles. The SMILES string of the molecule is O=C(O)CCCCCOc1cccc([N+](=O)[O-])c1. The maximum absolute atomic E-state index is 10.5. The summed E-state index contributed by atoms with van der Waals surface area (Å²) < 4.78 is 5.35. The maximum atomic E-state index is 10.5. The highest BCUT2D eigenvalue weighted by Gasteiger charge is 2.05. The fourth-order valence-corrected chi connectivity index (χ4v) is 1.43. The van der Waals surface area contributed by atoms with Crippen molar-refractivity contribution >= 4 is 11.7 Å². The molecule has 0 aromatic heterocycles. The van der Waals surface area contributed by atoms with Crippen molar-refractivity contribution in [2.45, 2.75) is 25.7 Å². The number of rotatable bonds is 8. The largest absolute Gasteiger partial charge is 0.493 e. The molecule has 0 atom stereocenters. The number of carboxylic acids is 1. The van der Waals surface area contributed by atoms with Crippen LogP contribution in [0.4, 0.5) is 5.69 Å². The van der Waals surface area contributed by atoms with Gasteiger partial charge in [-0.2, -0.15) is 0 Å². The number of hydrogen-bond donors (Lipinski definition) is 1. The van der Waals surface area contributed by atoms with Crippen molar-refractivity contribution in [3.8, 4) is 5.75 Å². The Kier molecular flexibility index (Phi) is 5.63. The second-order valence-corrected chi connectivity index (χ2v) is 3.81. The zero-order valence-electron chi connectivity index (χ0n) is 9.87. The van der Waals surface area contributed by atoms with Crippen LogP contribution in [0.2, 0.25) is 0 Å². The maximum Gasteiger partial charge on any atom is 0.303 e. The minimum absolute atomic E-state index is 0.00150. The third kappa shape index (κ3) is 5.29. The fourth-order valence-electron chi connectivity index (χ4n) is 1.43. The van der Waals surface area contributed by atoms with Gasteiger partial charge in [0, 0.05) is 12.5 Å². The zero-order chi connectivity index (χ0) is 13.4. The van der Waals surface area contributed by atoms with Crippen molar-refractivity contribution < 1.29 is 19.6 Å². The van der Waals surface area contributed by atoms with Crippen LogP contribution in [0, 0.1) is 10.1 Å². The molecule has 1 aromatic rings. The molecule has 0 bridgehead atoms. The molecule has 0 aliphatic rings. The minimum Gasteiger partial charge on any atom is -0.493 e. The van der Waals surface area contributed by atoms with Crippen LogP contribution in [-0.4, -0.2) is 22.6 Å². The van der Waals surface area contributed by atoms with Crippen molar-refractivity contribution in [1.82, 2.24) is 0 Å². The first kappa shape index (κ1) is 14.0. The Balaban J connectivity index is 2.25. The number of nitro benzene ring substituents is 1. The van der Waals surface area contributed by atoms with Gasteiger partial charge in [-0.3, -0.25) is 14.9 Å². The smallest absolute Gasteiger partial charge is 0.303 e. The lowest BCUT2D eigenvalue weighted by atomic mass is 10.2. The normalized spacial score (nSPS) is 10.0. The van der Waals surface area contributed by atoms with Crippen LogP contribution < -0.4 is 4.74 Å². The Labute approximate surface area is 104 Å². The molecule has 18 heavy (non-hydrogen) atoms. The van der Waals surface area contributed by atoms with Gasteiger partial charge >= 0.3 is 5.97 Å². The summed E-state index contributed by atoms with van der Waals surface area (Å²) in [4.78, 5) is 20.3. The number of hydrogen-bond acceptors (Lipinski definition) is 4. The van der Waals surface area contributed by atoms with Crippen molar-refractivity contribution in [3.63, 3.8) is 0 Å². The molecule has 6 nitrogen and oxygen atoms in total. The number of unbranched alkanes of at least 4 members (excludes halogenated alkanes) is 2. The quantitative estimate of drug-likeness (QED) is 0.437. The van der Waals surface area contributed by atoms with Gasteiger partial charge in [0.15, 0.2) is 0 Å². The van der Waals surface area contributed by atoms with Gasteiger partial charge in [-0.1, -0.05) is 6.07 Å². The molecular formula is C12H15NO5. The first-order chi connectivity index (χ1) is 8.59. The molecule has 1 rings (SSSR count). The van der Waals surface area contributed by atoms with E-state index in [-0.39, 0.29) is 12.1 Å². The molecule has 98 valence electrons. The van der Waals surface area contributed by atoms with E-state index in [0.29, 0.717) is 18.8 Å². The molecule has 6 heteroatoms. The van der Waals surface area contributed by atoms with E-state index in [1.165, 1.54) is 12.1 Å². The summed E-state index contributed by atoms with van der Waals surface area (Å²) in [5.74, 6) is -0.336. The number of carbonyl (C=O) groups is 1. The molecule has 0 fully saturated rings. The van der Waals surface area contributed by atoms with E-state index >= 15 is 0 Å². The first-order valence-corrected chi connectivity index (χ1v) is 5.68. The number of carboxylic acid groups (broad SMARTS) is 1. The Morgan fingerprint density at radius 3 is 2.78 bits per heavy atom. The molecule has 0 saturated carbocycles. The highest BCUT2D eigenvalue weighted by molar-refractivity contribution is 5.66. The Hall–Kier alpha value is -2.11. The second-order valence-electron chi connectivity index (χ2n) is 3.81. The van der Waals surface area contributed by atoms with Crippen LogP contribution in [-0.2, 0) is 4.79 Å². The zero-order valence-corrected chi connectivity index (χ0v) is 9.87. The number of non-ortho nitro benzene ring substituents is 1. The van der Waals surface area contributed by atoms with E-state index in [0.717, 1.165) is 12.8 Å². The number of benzene rings is 1. The summed E-state index contributed by atoms with van der Waals surface area (Å²) in [6, 6.07) is 6.00. The van der Waals surface area contributed by atoms with Crippen LogP contribution >= 0.6 is 0 Å². The number of aliphatic carboxylic acids is 1. The van der Waals surface area contributed by atoms with E-state index in [4.69, 9.17) is 9.84 Å². The molecule has 1 aromatic carbocycles. The molecule has 0 unspecified atom stereocenters. The van der Waals surface area contributed by atoms with E-state index in [2.05, 4.69) is 0 Å². The van der Waals surface area contributed by atoms with Crippen LogP contribution in [0.5, 0.6) is 5.75 Å². The molecule has 0 saturated heterocycles. The van der Waals surface area contributed by atoms with Crippen LogP contribution in [0.25, 0.3) is 0 Å². The molecule has 0 spiro atoms. The topological polar surface area (TPSA) is 89.7 Å². The Bertz CT molecular complexity index is 419. The Morgan fingerprint density at radius 1 is 1.33 bits per heavy atom. The molecule has 1 N–H and O–H groups in total. The second kappa shape index (κ2) is 7.26. The fraction of sp³-hybridized carbons (Fsp3) is 0.417. The van der Waals surface area contributed by atoms with Gasteiger partial charge in [0.25, 0.3) is 5.69 Å². The average molecular weight is 253 g/mol. The predicted molar refractivity (Wildman–Crippen MR) is 64.7 cm³/mol. The van der Waals surface area contributed by atoms with E-state index in [1.54, 1.807) is 12.1 Å². The average Bonchev–Trinajstić information content (AvgIpc) is 2.33. The van der Waals surface area contributed by atoms with E-state index in [1.807, 2.05) is 0 Å².